The van der Waals surface area contributed by atoms with E-state index in [1.54, 1.807) is 30.2 Å². The number of thiocarbonyl (C=S) groups is 1. The standard InChI is InChI=1S/C10H15N5O2S/c1-7(5-15-3-2-12-6-15)14-10(17)9(16)13-4-8(11)18/h2-3,6-7H,4-5H2,1H3,(H2,11,18)(H,13,16)(H,14,17). The lowest BCUT2D eigenvalue weighted by atomic mass is 10.3. The van der Waals surface area contributed by atoms with Gasteiger partial charge in [-0.3, -0.25) is 9.59 Å². The zero-order valence-electron chi connectivity index (χ0n) is 9.92. The fourth-order valence-electron chi connectivity index (χ4n) is 1.29. The maximum atomic E-state index is 11.5. The Morgan fingerprint density at radius 3 is 2.78 bits per heavy atom. The predicted octanol–water partition coefficient (Wildman–Crippen LogP) is -1.21. The average molecular weight is 269 g/mol. The molecule has 0 bridgehead atoms. The summed E-state index contributed by atoms with van der Waals surface area (Å²) in [7, 11) is 0. The largest absolute Gasteiger partial charge is 0.392 e. The van der Waals surface area contributed by atoms with E-state index in [9.17, 15) is 9.59 Å². The second-order valence-electron chi connectivity index (χ2n) is 3.78. The van der Waals surface area contributed by atoms with Crippen molar-refractivity contribution in [2.24, 2.45) is 5.73 Å². The molecule has 1 aromatic heterocycles. The van der Waals surface area contributed by atoms with Gasteiger partial charge in [-0.05, 0) is 6.92 Å². The molecular weight excluding hydrogens is 254 g/mol. The van der Waals surface area contributed by atoms with Crippen LogP contribution in [0.1, 0.15) is 6.92 Å². The number of rotatable bonds is 5. The molecular formula is C10H15N5O2S. The van der Waals surface area contributed by atoms with Crippen molar-refractivity contribution in [3.63, 3.8) is 0 Å². The highest BCUT2D eigenvalue weighted by atomic mass is 32.1. The molecule has 1 rings (SSSR count). The van der Waals surface area contributed by atoms with Crippen LogP contribution in [0, 0.1) is 0 Å². The molecule has 0 aliphatic rings. The molecule has 1 unspecified atom stereocenters. The van der Waals surface area contributed by atoms with E-state index in [2.05, 4.69) is 27.8 Å². The molecule has 8 heteroatoms. The topological polar surface area (TPSA) is 102 Å². The van der Waals surface area contributed by atoms with Crippen LogP contribution in [0.2, 0.25) is 0 Å². The molecule has 0 saturated carbocycles. The summed E-state index contributed by atoms with van der Waals surface area (Å²) in [5, 5.41) is 4.87. The maximum Gasteiger partial charge on any atom is 0.309 e. The Bertz CT molecular complexity index is 431. The van der Waals surface area contributed by atoms with Crippen LogP contribution in [0.15, 0.2) is 18.7 Å². The van der Waals surface area contributed by atoms with E-state index < -0.39 is 11.8 Å². The summed E-state index contributed by atoms with van der Waals surface area (Å²) in [6.45, 7) is 2.34. The van der Waals surface area contributed by atoms with Crippen molar-refractivity contribution in [1.29, 1.82) is 0 Å². The molecule has 0 spiro atoms. The highest BCUT2D eigenvalue weighted by Crippen LogP contribution is 1.91. The average Bonchev–Trinajstić information content (AvgIpc) is 2.78. The monoisotopic (exact) mass is 269 g/mol. The first-order chi connectivity index (χ1) is 8.49. The number of amides is 2. The third-order valence-corrected chi connectivity index (χ3v) is 2.20. The van der Waals surface area contributed by atoms with Crippen LogP contribution >= 0.6 is 12.2 Å². The van der Waals surface area contributed by atoms with Crippen molar-refractivity contribution < 1.29 is 9.59 Å². The number of nitrogens with one attached hydrogen (secondary N) is 2. The summed E-state index contributed by atoms with van der Waals surface area (Å²) in [5.74, 6) is -1.46. The summed E-state index contributed by atoms with van der Waals surface area (Å²) < 4.78 is 1.80. The highest BCUT2D eigenvalue weighted by Gasteiger charge is 2.15. The smallest absolute Gasteiger partial charge is 0.309 e. The van der Waals surface area contributed by atoms with E-state index in [4.69, 9.17) is 5.73 Å². The molecule has 2 amide bonds. The number of carbonyl (C=O) groups is 2. The molecule has 0 aliphatic carbocycles. The lowest BCUT2D eigenvalue weighted by molar-refractivity contribution is -0.139. The molecule has 0 saturated heterocycles. The third-order valence-electron chi connectivity index (χ3n) is 2.05. The van der Waals surface area contributed by atoms with E-state index in [0.717, 1.165) is 0 Å². The second kappa shape index (κ2) is 6.70. The van der Waals surface area contributed by atoms with E-state index in [1.165, 1.54) is 0 Å². The number of hydrogen-bond acceptors (Lipinski definition) is 4. The normalized spacial score (nSPS) is 11.6. The van der Waals surface area contributed by atoms with Crippen molar-refractivity contribution in [2.75, 3.05) is 6.54 Å². The van der Waals surface area contributed by atoms with Gasteiger partial charge in [0.1, 0.15) is 0 Å². The van der Waals surface area contributed by atoms with Crippen molar-refractivity contribution in [3.8, 4) is 0 Å². The molecule has 98 valence electrons. The van der Waals surface area contributed by atoms with E-state index in [0.29, 0.717) is 6.54 Å². The van der Waals surface area contributed by atoms with Gasteiger partial charge >= 0.3 is 11.8 Å². The second-order valence-corrected chi connectivity index (χ2v) is 4.31. The number of hydrogen-bond donors (Lipinski definition) is 3. The molecule has 1 aromatic rings. The van der Waals surface area contributed by atoms with E-state index in [-0.39, 0.29) is 17.6 Å². The molecule has 18 heavy (non-hydrogen) atoms. The summed E-state index contributed by atoms with van der Waals surface area (Å²) in [6.07, 6.45) is 5.05. The van der Waals surface area contributed by atoms with Crippen LogP contribution in [0.4, 0.5) is 0 Å². The lowest BCUT2D eigenvalue weighted by Gasteiger charge is -2.13. The Kier molecular flexibility index (Phi) is 5.25. The van der Waals surface area contributed by atoms with Crippen molar-refractivity contribution >= 4 is 29.0 Å². The lowest BCUT2D eigenvalue weighted by Crippen LogP contribution is -2.46. The van der Waals surface area contributed by atoms with Gasteiger partial charge in [0.2, 0.25) is 0 Å². The van der Waals surface area contributed by atoms with Crippen LogP contribution in [-0.4, -0.2) is 38.9 Å². The Hall–Kier alpha value is -1.96. The number of carbonyl (C=O) groups excluding carboxylic acids is 2. The van der Waals surface area contributed by atoms with Crippen LogP contribution in [0.3, 0.4) is 0 Å². The molecule has 0 aromatic carbocycles. The third kappa shape index (κ3) is 4.91. The minimum Gasteiger partial charge on any atom is -0.392 e. The zero-order valence-corrected chi connectivity index (χ0v) is 10.7. The van der Waals surface area contributed by atoms with Gasteiger partial charge in [0.15, 0.2) is 0 Å². The molecule has 4 N–H and O–H groups in total. The Balaban J connectivity index is 2.34. The van der Waals surface area contributed by atoms with Crippen molar-refractivity contribution in [1.82, 2.24) is 20.2 Å². The minimum atomic E-state index is -0.750. The Labute approximate surface area is 110 Å². The van der Waals surface area contributed by atoms with Crippen molar-refractivity contribution in [2.45, 2.75) is 19.5 Å². The Morgan fingerprint density at radius 1 is 1.50 bits per heavy atom. The first-order valence-electron chi connectivity index (χ1n) is 5.31. The number of nitrogens with two attached hydrogens (primary N) is 1. The van der Waals surface area contributed by atoms with Gasteiger partial charge in [0.05, 0.1) is 17.9 Å². The minimum absolute atomic E-state index is 0.0114. The van der Waals surface area contributed by atoms with Gasteiger partial charge in [0, 0.05) is 25.0 Å². The molecule has 1 atom stereocenters. The SMILES string of the molecule is CC(Cn1ccnc1)NC(=O)C(=O)NCC(N)=S. The summed E-state index contributed by atoms with van der Waals surface area (Å²) in [5.41, 5.74) is 5.21. The quantitative estimate of drug-likeness (QED) is 0.460. The van der Waals surface area contributed by atoms with Gasteiger partial charge in [-0.15, -0.1) is 0 Å². The highest BCUT2D eigenvalue weighted by molar-refractivity contribution is 7.80. The maximum absolute atomic E-state index is 11.5. The number of nitrogens with zero attached hydrogens (tertiary/aromatic N) is 2. The van der Waals surface area contributed by atoms with Gasteiger partial charge < -0.3 is 20.9 Å². The van der Waals surface area contributed by atoms with Gasteiger partial charge in [-0.25, -0.2) is 4.98 Å². The Morgan fingerprint density at radius 2 is 2.22 bits per heavy atom. The van der Waals surface area contributed by atoms with Crippen LogP contribution in [0.25, 0.3) is 0 Å². The summed E-state index contributed by atoms with van der Waals surface area (Å²) in [6, 6.07) is -0.192. The van der Waals surface area contributed by atoms with E-state index >= 15 is 0 Å². The van der Waals surface area contributed by atoms with Gasteiger partial charge in [0.25, 0.3) is 0 Å². The summed E-state index contributed by atoms with van der Waals surface area (Å²) in [4.78, 5) is 26.8. The number of imidazole rings is 1. The predicted molar refractivity (Wildman–Crippen MR) is 69.6 cm³/mol. The van der Waals surface area contributed by atoms with Crippen LogP contribution in [-0.2, 0) is 16.1 Å². The fraction of sp³-hybridized carbons (Fsp3) is 0.400. The fourth-order valence-corrected chi connectivity index (χ4v) is 1.37. The molecule has 0 fully saturated rings. The first kappa shape index (κ1) is 14.1. The van der Waals surface area contributed by atoms with Crippen LogP contribution in [0.5, 0.6) is 0 Å². The molecule has 0 radical (unpaired) electrons. The van der Waals surface area contributed by atoms with E-state index in [1.807, 2.05) is 0 Å². The van der Waals surface area contributed by atoms with Crippen LogP contribution < -0.4 is 16.4 Å². The van der Waals surface area contributed by atoms with Gasteiger partial charge in [-0.2, -0.15) is 0 Å². The van der Waals surface area contributed by atoms with Crippen molar-refractivity contribution in [3.05, 3.63) is 18.7 Å². The molecule has 0 aliphatic heterocycles. The zero-order chi connectivity index (χ0) is 13.5. The number of aromatic nitrogens is 2. The summed E-state index contributed by atoms with van der Waals surface area (Å²) >= 11 is 4.59. The van der Waals surface area contributed by atoms with Gasteiger partial charge in [-0.1, -0.05) is 12.2 Å². The molecule has 7 nitrogen and oxygen atoms in total. The first-order valence-corrected chi connectivity index (χ1v) is 5.72. The molecule has 1 heterocycles.